The Labute approximate surface area is 289 Å². The van der Waals surface area contributed by atoms with E-state index < -0.39 is 0 Å². The van der Waals surface area contributed by atoms with E-state index in [0.717, 1.165) is 49.7 Å². The molecule has 4 heterocycles. The van der Waals surface area contributed by atoms with E-state index in [1.807, 2.05) is 60.7 Å². The first-order valence-corrected chi connectivity index (χ1v) is 17.1. The molecule has 1 N–H and O–H groups in total. The lowest BCUT2D eigenvalue weighted by atomic mass is 10.1. The quantitative estimate of drug-likeness (QED) is 0.207. The van der Waals surface area contributed by atoms with Gasteiger partial charge in [0.2, 0.25) is 5.95 Å². The summed E-state index contributed by atoms with van der Waals surface area (Å²) in [5, 5.41) is 5.96. The van der Waals surface area contributed by atoms with Crippen molar-refractivity contribution in [3.8, 4) is 34.4 Å². The Hall–Kier alpha value is -6.53. The highest BCUT2D eigenvalue weighted by molar-refractivity contribution is 6.17. The predicted molar refractivity (Wildman–Crippen MR) is 207 cm³/mol. The van der Waals surface area contributed by atoms with Crippen molar-refractivity contribution in [3.63, 3.8) is 0 Å². The maximum Gasteiger partial charge on any atom is 0.238 e. The molecule has 240 valence electrons. The minimum absolute atomic E-state index is 0.587. The highest BCUT2D eigenvalue weighted by Gasteiger charge is 2.19. The third-order valence-corrected chi connectivity index (χ3v) is 9.17. The van der Waals surface area contributed by atoms with Gasteiger partial charge in [-0.3, -0.25) is 4.57 Å². The molecule has 0 unspecified atom stereocenters. The smallest absolute Gasteiger partial charge is 0.238 e. The maximum atomic E-state index is 5.06. The van der Waals surface area contributed by atoms with Crippen LogP contribution >= 0.6 is 0 Å². The van der Waals surface area contributed by atoms with Gasteiger partial charge in [-0.2, -0.15) is 9.97 Å². The van der Waals surface area contributed by atoms with Gasteiger partial charge in [-0.05, 0) is 42.5 Å². The lowest BCUT2D eigenvalue weighted by molar-refractivity contribution is 0.953. The van der Waals surface area contributed by atoms with Crippen molar-refractivity contribution < 1.29 is 0 Å². The minimum atomic E-state index is 0.587. The van der Waals surface area contributed by atoms with Crippen LogP contribution in [0.5, 0.6) is 0 Å². The van der Waals surface area contributed by atoms with Crippen LogP contribution in [0.1, 0.15) is 20.3 Å². The van der Waals surface area contributed by atoms with Crippen LogP contribution in [0, 0.1) is 0 Å². The zero-order valence-electron chi connectivity index (χ0n) is 27.9. The Bertz CT molecular complexity index is 2750. The van der Waals surface area contributed by atoms with Gasteiger partial charge in [-0.15, -0.1) is 0 Å². The number of H-pyrrole nitrogens is 1. The van der Waals surface area contributed by atoms with Gasteiger partial charge in [-0.25, -0.2) is 4.98 Å². The van der Waals surface area contributed by atoms with Crippen LogP contribution in [-0.4, -0.2) is 29.1 Å². The second kappa shape index (κ2) is 12.2. The van der Waals surface area contributed by atoms with E-state index in [4.69, 9.17) is 15.0 Å². The Morgan fingerprint density at radius 1 is 0.500 bits per heavy atom. The highest BCUT2D eigenvalue weighted by Crippen LogP contribution is 2.36. The summed E-state index contributed by atoms with van der Waals surface area (Å²) in [6.45, 7) is 4.25. The lowest BCUT2D eigenvalue weighted by Gasteiger charge is -2.11. The first-order chi connectivity index (χ1) is 24.7. The fourth-order valence-electron chi connectivity index (χ4n) is 6.99. The third-order valence-electron chi connectivity index (χ3n) is 9.17. The van der Waals surface area contributed by atoms with Gasteiger partial charge in [0.15, 0.2) is 11.6 Å². The van der Waals surface area contributed by atoms with E-state index in [9.17, 15) is 0 Å². The molecular weight excluding hydrogens is 613 g/mol. The number of rotatable bonds is 4. The second-order valence-electron chi connectivity index (χ2n) is 12.6. The maximum absolute atomic E-state index is 5.06. The van der Waals surface area contributed by atoms with Crippen molar-refractivity contribution in [1.82, 2.24) is 29.1 Å². The standard InChI is InChI=1S/C41H26N6.C3H8/c1-3-11-26(12-4-1)39-43-40(27-13-5-2-6-14-27)45-41(44-39)47-36-18-10-8-16-30(36)33-25-28(19-21-37(33)47)46-24-23-32-35(46)22-20-31-29-15-7-9-17-34(29)42-38(31)32;1-3-2/h1-25,42H;3H2,1-2H3. The van der Waals surface area contributed by atoms with Crippen molar-refractivity contribution in [2.45, 2.75) is 20.3 Å². The van der Waals surface area contributed by atoms with Crippen LogP contribution in [0.4, 0.5) is 0 Å². The van der Waals surface area contributed by atoms with Gasteiger partial charge in [0, 0.05) is 55.5 Å². The number of aromatic amines is 1. The Morgan fingerprint density at radius 3 is 1.82 bits per heavy atom. The van der Waals surface area contributed by atoms with E-state index in [-0.39, 0.29) is 0 Å². The predicted octanol–water partition coefficient (Wildman–Crippen LogP) is 11.3. The molecule has 10 aromatic rings. The second-order valence-corrected chi connectivity index (χ2v) is 12.6. The normalized spacial score (nSPS) is 11.5. The molecule has 0 spiro atoms. The molecule has 50 heavy (non-hydrogen) atoms. The van der Waals surface area contributed by atoms with E-state index in [1.54, 1.807) is 0 Å². The number of hydrogen-bond donors (Lipinski definition) is 1. The molecule has 0 atom stereocenters. The van der Waals surface area contributed by atoms with Crippen molar-refractivity contribution >= 4 is 54.5 Å². The third kappa shape index (κ3) is 4.84. The largest absolute Gasteiger partial charge is 0.354 e. The minimum Gasteiger partial charge on any atom is -0.354 e. The molecule has 0 bridgehead atoms. The van der Waals surface area contributed by atoms with Crippen LogP contribution in [0.15, 0.2) is 152 Å². The van der Waals surface area contributed by atoms with E-state index in [1.165, 1.54) is 28.1 Å². The molecule has 6 heteroatoms. The Balaban J connectivity index is 0.00000109. The van der Waals surface area contributed by atoms with E-state index in [0.29, 0.717) is 17.6 Å². The molecule has 0 fully saturated rings. The summed E-state index contributed by atoms with van der Waals surface area (Å²) >= 11 is 0. The number of para-hydroxylation sites is 2. The van der Waals surface area contributed by atoms with Gasteiger partial charge in [0.05, 0.1) is 22.1 Å². The lowest BCUT2D eigenvalue weighted by Crippen LogP contribution is -2.06. The van der Waals surface area contributed by atoms with Crippen molar-refractivity contribution in [3.05, 3.63) is 152 Å². The molecule has 0 saturated heterocycles. The van der Waals surface area contributed by atoms with Gasteiger partial charge < -0.3 is 9.55 Å². The van der Waals surface area contributed by atoms with Gasteiger partial charge in [0.25, 0.3) is 0 Å². The number of nitrogens with zero attached hydrogens (tertiary/aromatic N) is 5. The van der Waals surface area contributed by atoms with E-state index >= 15 is 0 Å². The number of benzene rings is 6. The van der Waals surface area contributed by atoms with Crippen LogP contribution in [0.3, 0.4) is 0 Å². The summed E-state index contributed by atoms with van der Waals surface area (Å²) in [6, 6.07) is 50.5. The van der Waals surface area contributed by atoms with Gasteiger partial charge >= 0.3 is 0 Å². The van der Waals surface area contributed by atoms with Gasteiger partial charge in [-0.1, -0.05) is 123 Å². The van der Waals surface area contributed by atoms with Crippen LogP contribution in [0.2, 0.25) is 0 Å². The average molecular weight is 647 g/mol. The zero-order valence-corrected chi connectivity index (χ0v) is 27.9. The fraction of sp³-hybridized carbons (Fsp3) is 0.0682. The van der Waals surface area contributed by atoms with E-state index in [2.05, 4.69) is 119 Å². The fourth-order valence-corrected chi connectivity index (χ4v) is 6.99. The summed E-state index contributed by atoms with van der Waals surface area (Å²) in [5.74, 6) is 1.86. The molecule has 0 saturated carbocycles. The molecular formula is C44H34N6. The number of aromatic nitrogens is 6. The first-order valence-electron chi connectivity index (χ1n) is 17.1. The van der Waals surface area contributed by atoms with Gasteiger partial charge in [0.1, 0.15) is 0 Å². The summed E-state index contributed by atoms with van der Waals surface area (Å²) in [5.41, 5.74) is 8.54. The molecule has 0 radical (unpaired) electrons. The highest BCUT2D eigenvalue weighted by atomic mass is 15.2. The molecule has 6 nitrogen and oxygen atoms in total. The molecule has 4 aromatic heterocycles. The molecule has 0 amide bonds. The average Bonchev–Trinajstić information content (AvgIpc) is 3.87. The number of nitrogens with one attached hydrogen (secondary N) is 1. The van der Waals surface area contributed by atoms with Crippen LogP contribution < -0.4 is 0 Å². The topological polar surface area (TPSA) is 64.3 Å². The molecule has 10 rings (SSSR count). The Morgan fingerprint density at radius 2 is 1.10 bits per heavy atom. The summed E-state index contributed by atoms with van der Waals surface area (Å²) in [6.07, 6.45) is 3.42. The van der Waals surface area contributed by atoms with Crippen molar-refractivity contribution in [2.75, 3.05) is 0 Å². The first kappa shape index (κ1) is 29.6. The SMILES string of the molecule is CCC.c1ccc(-c2nc(-c3ccccc3)nc(-n3c4ccccc4c4cc(-n5ccc6c7[nH]c8ccccc8c7ccc65)ccc43)n2)cc1. The summed E-state index contributed by atoms with van der Waals surface area (Å²) in [7, 11) is 0. The summed E-state index contributed by atoms with van der Waals surface area (Å²) < 4.78 is 4.44. The van der Waals surface area contributed by atoms with Crippen LogP contribution in [0.25, 0.3) is 88.9 Å². The van der Waals surface area contributed by atoms with Crippen molar-refractivity contribution in [2.24, 2.45) is 0 Å². The monoisotopic (exact) mass is 646 g/mol. The molecule has 0 aliphatic rings. The zero-order chi connectivity index (χ0) is 33.6. The molecule has 6 aromatic carbocycles. The Kier molecular flexibility index (Phi) is 7.20. The van der Waals surface area contributed by atoms with Crippen LogP contribution in [-0.2, 0) is 0 Å². The number of fused-ring (bicyclic) bond motifs is 8. The summed E-state index contributed by atoms with van der Waals surface area (Å²) in [4.78, 5) is 18.7. The van der Waals surface area contributed by atoms with Crippen molar-refractivity contribution in [1.29, 1.82) is 0 Å². The number of hydrogen-bond acceptors (Lipinski definition) is 3. The molecule has 0 aliphatic carbocycles. The molecule has 0 aliphatic heterocycles.